The van der Waals surface area contributed by atoms with Crippen molar-refractivity contribution in [1.29, 1.82) is 0 Å². The standard InChI is InChI=1S/C12H19N5O/c1-10-6-12(14-9-13-10)15-11-7-17(8-11)16-2-4-18-5-3-16/h6,9,11H,2-5,7-8H2,1H3,(H,13,14,15). The summed E-state index contributed by atoms with van der Waals surface area (Å²) < 4.78 is 5.35. The number of morpholine rings is 1. The molecule has 1 N–H and O–H groups in total. The Morgan fingerprint density at radius 2 is 2.00 bits per heavy atom. The van der Waals surface area contributed by atoms with Crippen LogP contribution >= 0.6 is 0 Å². The van der Waals surface area contributed by atoms with Crippen LogP contribution in [0.25, 0.3) is 0 Å². The summed E-state index contributed by atoms with van der Waals surface area (Å²) in [6, 6.07) is 2.47. The SMILES string of the molecule is Cc1cc(NC2CN(N3CCOCC3)C2)ncn1. The van der Waals surface area contributed by atoms with Gasteiger partial charge in [0, 0.05) is 37.9 Å². The van der Waals surface area contributed by atoms with Gasteiger partial charge in [-0.3, -0.25) is 0 Å². The van der Waals surface area contributed by atoms with Gasteiger partial charge >= 0.3 is 0 Å². The summed E-state index contributed by atoms with van der Waals surface area (Å²) in [6.07, 6.45) is 1.61. The van der Waals surface area contributed by atoms with Crippen LogP contribution in [0.3, 0.4) is 0 Å². The molecule has 0 saturated carbocycles. The monoisotopic (exact) mass is 249 g/mol. The van der Waals surface area contributed by atoms with Crippen molar-refractivity contribution in [2.75, 3.05) is 44.7 Å². The normalized spacial score (nSPS) is 22.7. The van der Waals surface area contributed by atoms with E-state index in [4.69, 9.17) is 4.74 Å². The fraction of sp³-hybridized carbons (Fsp3) is 0.667. The first-order chi connectivity index (χ1) is 8.81. The third kappa shape index (κ3) is 2.60. The van der Waals surface area contributed by atoms with Crippen LogP contribution < -0.4 is 5.32 Å². The van der Waals surface area contributed by atoms with Gasteiger partial charge in [-0.2, -0.15) is 0 Å². The zero-order valence-corrected chi connectivity index (χ0v) is 10.7. The second-order valence-corrected chi connectivity index (χ2v) is 4.82. The van der Waals surface area contributed by atoms with Crippen molar-refractivity contribution in [3.63, 3.8) is 0 Å². The zero-order chi connectivity index (χ0) is 12.4. The number of hydrogen-bond donors (Lipinski definition) is 1. The molecule has 1 aromatic rings. The molecule has 18 heavy (non-hydrogen) atoms. The third-order valence-corrected chi connectivity index (χ3v) is 3.41. The van der Waals surface area contributed by atoms with Crippen molar-refractivity contribution in [1.82, 2.24) is 20.0 Å². The smallest absolute Gasteiger partial charge is 0.129 e. The lowest BCUT2D eigenvalue weighted by atomic mass is 10.1. The predicted molar refractivity (Wildman–Crippen MR) is 68.1 cm³/mol. The molecule has 2 aliphatic rings. The molecule has 0 spiro atoms. The van der Waals surface area contributed by atoms with E-state index in [0.29, 0.717) is 6.04 Å². The molecule has 6 heteroatoms. The zero-order valence-electron chi connectivity index (χ0n) is 10.7. The van der Waals surface area contributed by atoms with Crippen LogP contribution in [0.4, 0.5) is 5.82 Å². The van der Waals surface area contributed by atoms with Crippen molar-refractivity contribution in [2.45, 2.75) is 13.0 Å². The molecule has 98 valence electrons. The van der Waals surface area contributed by atoms with Crippen molar-refractivity contribution in [3.05, 3.63) is 18.1 Å². The number of hydrazine groups is 1. The molecular weight excluding hydrogens is 230 g/mol. The fourth-order valence-electron chi connectivity index (χ4n) is 2.36. The van der Waals surface area contributed by atoms with Gasteiger partial charge in [-0.25, -0.2) is 20.0 Å². The number of nitrogens with one attached hydrogen (secondary N) is 1. The van der Waals surface area contributed by atoms with E-state index in [-0.39, 0.29) is 0 Å². The number of anilines is 1. The van der Waals surface area contributed by atoms with E-state index in [2.05, 4.69) is 25.3 Å². The van der Waals surface area contributed by atoms with Gasteiger partial charge in [-0.1, -0.05) is 0 Å². The Hall–Kier alpha value is -1.24. The second kappa shape index (κ2) is 5.17. The average molecular weight is 249 g/mol. The maximum absolute atomic E-state index is 5.35. The number of hydrogen-bond acceptors (Lipinski definition) is 6. The maximum atomic E-state index is 5.35. The van der Waals surface area contributed by atoms with Gasteiger partial charge in [0.05, 0.1) is 19.3 Å². The van der Waals surface area contributed by atoms with E-state index in [0.717, 1.165) is 50.9 Å². The Kier molecular flexibility index (Phi) is 3.40. The average Bonchev–Trinajstić information content (AvgIpc) is 2.34. The Labute approximate surface area is 107 Å². The molecule has 0 bridgehead atoms. The van der Waals surface area contributed by atoms with Gasteiger partial charge in [0.25, 0.3) is 0 Å². The summed E-state index contributed by atoms with van der Waals surface area (Å²) >= 11 is 0. The number of rotatable bonds is 3. The van der Waals surface area contributed by atoms with E-state index in [9.17, 15) is 0 Å². The molecule has 3 rings (SSSR count). The first kappa shape index (κ1) is 11.8. The van der Waals surface area contributed by atoms with Crippen LogP contribution in [0.5, 0.6) is 0 Å². The Morgan fingerprint density at radius 3 is 2.72 bits per heavy atom. The Bertz CT molecular complexity index is 401. The van der Waals surface area contributed by atoms with Crippen LogP contribution in [0.15, 0.2) is 12.4 Å². The quantitative estimate of drug-likeness (QED) is 0.821. The van der Waals surface area contributed by atoms with E-state index >= 15 is 0 Å². The summed E-state index contributed by atoms with van der Waals surface area (Å²) in [5.74, 6) is 0.925. The number of ether oxygens (including phenoxy) is 1. The number of nitrogens with zero attached hydrogens (tertiary/aromatic N) is 4. The van der Waals surface area contributed by atoms with E-state index < -0.39 is 0 Å². The van der Waals surface area contributed by atoms with Crippen molar-refractivity contribution < 1.29 is 4.74 Å². The second-order valence-electron chi connectivity index (χ2n) is 4.82. The highest BCUT2D eigenvalue weighted by atomic mass is 16.5. The fourth-order valence-corrected chi connectivity index (χ4v) is 2.36. The van der Waals surface area contributed by atoms with Gasteiger partial charge in [0.1, 0.15) is 12.1 Å². The van der Waals surface area contributed by atoms with Crippen LogP contribution in [0.1, 0.15) is 5.69 Å². The molecule has 0 amide bonds. The summed E-state index contributed by atoms with van der Waals surface area (Å²) in [5, 5.41) is 8.20. The molecular formula is C12H19N5O. The van der Waals surface area contributed by atoms with Gasteiger partial charge in [0.15, 0.2) is 0 Å². The summed E-state index contributed by atoms with van der Waals surface area (Å²) in [6.45, 7) is 7.79. The van der Waals surface area contributed by atoms with E-state index in [1.54, 1.807) is 6.33 Å². The molecule has 3 heterocycles. The van der Waals surface area contributed by atoms with Gasteiger partial charge in [-0.15, -0.1) is 0 Å². The minimum absolute atomic E-state index is 0.488. The van der Waals surface area contributed by atoms with Crippen LogP contribution in [-0.2, 0) is 4.74 Å². The molecule has 0 atom stereocenters. The summed E-state index contributed by atoms with van der Waals surface area (Å²) in [5.41, 5.74) is 0.997. The molecule has 2 fully saturated rings. The Balaban J connectivity index is 1.47. The summed E-state index contributed by atoms with van der Waals surface area (Å²) in [7, 11) is 0. The van der Waals surface area contributed by atoms with E-state index in [1.807, 2.05) is 13.0 Å². The van der Waals surface area contributed by atoms with Crippen molar-refractivity contribution in [2.24, 2.45) is 0 Å². The molecule has 0 unspecified atom stereocenters. The highest BCUT2D eigenvalue weighted by molar-refractivity contribution is 5.36. The molecule has 0 aliphatic carbocycles. The molecule has 2 aliphatic heterocycles. The minimum atomic E-state index is 0.488. The highest BCUT2D eigenvalue weighted by Gasteiger charge is 2.31. The molecule has 1 aromatic heterocycles. The van der Waals surface area contributed by atoms with Crippen LogP contribution in [-0.4, -0.2) is 65.4 Å². The highest BCUT2D eigenvalue weighted by Crippen LogP contribution is 2.16. The van der Waals surface area contributed by atoms with Crippen LogP contribution in [0.2, 0.25) is 0 Å². The van der Waals surface area contributed by atoms with Gasteiger partial charge in [0.2, 0.25) is 0 Å². The van der Waals surface area contributed by atoms with Gasteiger partial charge in [-0.05, 0) is 6.92 Å². The van der Waals surface area contributed by atoms with E-state index in [1.165, 1.54) is 0 Å². The lowest BCUT2D eigenvalue weighted by molar-refractivity contribution is -0.125. The lowest BCUT2D eigenvalue weighted by Crippen LogP contribution is -2.63. The minimum Gasteiger partial charge on any atom is -0.379 e. The first-order valence-electron chi connectivity index (χ1n) is 6.44. The number of aromatic nitrogens is 2. The van der Waals surface area contributed by atoms with Crippen LogP contribution in [0, 0.1) is 6.92 Å². The molecule has 2 saturated heterocycles. The topological polar surface area (TPSA) is 53.5 Å². The molecule has 0 aromatic carbocycles. The number of aryl methyl sites for hydroxylation is 1. The molecule has 6 nitrogen and oxygen atoms in total. The lowest BCUT2D eigenvalue weighted by Gasteiger charge is -2.47. The summed E-state index contributed by atoms with van der Waals surface area (Å²) in [4.78, 5) is 8.32. The third-order valence-electron chi connectivity index (χ3n) is 3.41. The van der Waals surface area contributed by atoms with Crippen molar-refractivity contribution >= 4 is 5.82 Å². The van der Waals surface area contributed by atoms with Gasteiger partial charge < -0.3 is 10.1 Å². The Morgan fingerprint density at radius 1 is 1.22 bits per heavy atom. The largest absolute Gasteiger partial charge is 0.379 e. The predicted octanol–water partition coefficient (Wildman–Crippen LogP) is 0.128. The van der Waals surface area contributed by atoms with Crippen molar-refractivity contribution in [3.8, 4) is 0 Å². The first-order valence-corrected chi connectivity index (χ1v) is 6.44. The molecule has 0 radical (unpaired) electrons. The maximum Gasteiger partial charge on any atom is 0.129 e.